The van der Waals surface area contributed by atoms with E-state index in [9.17, 15) is 14.7 Å². The predicted octanol–water partition coefficient (Wildman–Crippen LogP) is 0.0265. The number of ether oxygens (including phenoxy) is 1. The highest BCUT2D eigenvalue weighted by Crippen LogP contribution is 2.05. The third-order valence-corrected chi connectivity index (χ3v) is 2.92. The summed E-state index contributed by atoms with van der Waals surface area (Å²) in [4.78, 5) is 23.7. The molecule has 0 bridgehead atoms. The zero-order valence-electron chi connectivity index (χ0n) is 12.7. The number of carbonyl (C=O) groups is 1. The van der Waals surface area contributed by atoms with Gasteiger partial charge < -0.3 is 15.2 Å². The maximum atomic E-state index is 12.1. The summed E-state index contributed by atoms with van der Waals surface area (Å²) < 4.78 is 6.08. The molecule has 0 aliphatic rings. The second kappa shape index (κ2) is 8.53. The Kier molecular flexibility index (Phi) is 7.04. The van der Waals surface area contributed by atoms with Crippen molar-refractivity contribution in [3.05, 3.63) is 28.2 Å². The summed E-state index contributed by atoms with van der Waals surface area (Å²) in [5.74, 6) is -0.0491. The van der Waals surface area contributed by atoms with E-state index in [2.05, 4.69) is 10.4 Å². The largest absolute Gasteiger partial charge is 0.394 e. The topological polar surface area (TPSA) is 93.5 Å². The Hall–Kier alpha value is -1.73. The highest BCUT2D eigenvalue weighted by molar-refractivity contribution is 5.92. The van der Waals surface area contributed by atoms with Crippen LogP contribution in [0.2, 0.25) is 0 Å². The molecule has 7 heteroatoms. The number of nitrogens with one attached hydrogen (secondary N) is 1. The molecule has 1 atom stereocenters. The molecule has 0 saturated heterocycles. The van der Waals surface area contributed by atoms with Gasteiger partial charge >= 0.3 is 0 Å². The van der Waals surface area contributed by atoms with E-state index < -0.39 is 5.91 Å². The van der Waals surface area contributed by atoms with Crippen molar-refractivity contribution < 1.29 is 14.6 Å². The Balaban J connectivity index is 2.79. The lowest BCUT2D eigenvalue weighted by Gasteiger charge is -2.18. The number of amides is 1. The van der Waals surface area contributed by atoms with Crippen molar-refractivity contribution in [1.29, 1.82) is 0 Å². The van der Waals surface area contributed by atoms with Crippen LogP contribution in [0.4, 0.5) is 0 Å². The van der Waals surface area contributed by atoms with Gasteiger partial charge in [-0.1, -0.05) is 13.8 Å². The van der Waals surface area contributed by atoms with Crippen LogP contribution in [0.15, 0.2) is 16.9 Å². The minimum Gasteiger partial charge on any atom is -0.394 e. The Morgan fingerprint density at radius 1 is 1.48 bits per heavy atom. The maximum Gasteiger partial charge on any atom is 0.272 e. The van der Waals surface area contributed by atoms with Gasteiger partial charge in [-0.05, 0) is 18.4 Å². The molecule has 0 aromatic carbocycles. The average Bonchev–Trinajstić information content (AvgIpc) is 2.45. The van der Waals surface area contributed by atoms with Crippen LogP contribution < -0.4 is 10.9 Å². The first-order valence-electron chi connectivity index (χ1n) is 6.96. The molecule has 0 radical (unpaired) electrons. The number of nitrogens with zero attached hydrogens (tertiary/aromatic N) is 2. The van der Waals surface area contributed by atoms with E-state index in [0.29, 0.717) is 18.9 Å². The Labute approximate surface area is 123 Å². The fourth-order valence-electron chi connectivity index (χ4n) is 1.92. The fraction of sp³-hybridized carbons (Fsp3) is 0.643. The number of hydrogen-bond acceptors (Lipinski definition) is 5. The van der Waals surface area contributed by atoms with Gasteiger partial charge in [0.1, 0.15) is 5.69 Å². The molecule has 1 aromatic rings. The van der Waals surface area contributed by atoms with Crippen LogP contribution in [0, 0.1) is 5.92 Å². The lowest BCUT2D eigenvalue weighted by atomic mass is 10.0. The number of rotatable bonds is 8. The van der Waals surface area contributed by atoms with E-state index >= 15 is 0 Å². The summed E-state index contributed by atoms with van der Waals surface area (Å²) in [5, 5.41) is 16.0. The molecule has 1 amide bonds. The lowest BCUT2D eigenvalue weighted by Crippen LogP contribution is -2.39. The molecular weight excluding hydrogens is 274 g/mol. The van der Waals surface area contributed by atoms with E-state index in [1.807, 2.05) is 13.8 Å². The summed E-state index contributed by atoms with van der Waals surface area (Å²) in [6.07, 6.45) is 0.672. The van der Waals surface area contributed by atoms with E-state index in [4.69, 9.17) is 4.74 Å². The minimum atomic E-state index is -0.402. The maximum absolute atomic E-state index is 12.1. The van der Waals surface area contributed by atoms with Gasteiger partial charge in [-0.15, -0.1) is 0 Å². The molecule has 118 valence electrons. The molecule has 2 N–H and O–H groups in total. The van der Waals surface area contributed by atoms with Crippen molar-refractivity contribution in [3.8, 4) is 0 Å². The smallest absolute Gasteiger partial charge is 0.272 e. The Bertz CT molecular complexity index is 513. The van der Waals surface area contributed by atoms with E-state index in [0.717, 1.165) is 0 Å². The second-order valence-electron chi connectivity index (χ2n) is 5.26. The van der Waals surface area contributed by atoms with E-state index in [1.54, 1.807) is 0 Å². The third kappa shape index (κ3) is 5.65. The number of hydrogen-bond donors (Lipinski definition) is 2. The van der Waals surface area contributed by atoms with Gasteiger partial charge in [0.2, 0.25) is 0 Å². The van der Waals surface area contributed by atoms with Crippen molar-refractivity contribution in [2.24, 2.45) is 5.92 Å². The van der Waals surface area contributed by atoms with Gasteiger partial charge in [0.25, 0.3) is 11.5 Å². The zero-order valence-corrected chi connectivity index (χ0v) is 12.7. The van der Waals surface area contributed by atoms with Gasteiger partial charge in [-0.2, -0.15) is 5.10 Å². The molecular formula is C14H23N3O4. The van der Waals surface area contributed by atoms with Crippen LogP contribution in [-0.2, 0) is 11.3 Å². The van der Waals surface area contributed by atoms with Crippen LogP contribution >= 0.6 is 0 Å². The Morgan fingerprint density at radius 2 is 2.19 bits per heavy atom. The van der Waals surface area contributed by atoms with Crippen molar-refractivity contribution in [2.75, 3.05) is 20.3 Å². The molecule has 0 spiro atoms. The summed E-state index contributed by atoms with van der Waals surface area (Å²) in [5.41, 5.74) is -0.141. The van der Waals surface area contributed by atoms with Crippen molar-refractivity contribution >= 4 is 5.91 Å². The predicted molar refractivity (Wildman–Crippen MR) is 78.2 cm³/mol. The summed E-state index contributed by atoms with van der Waals surface area (Å²) in [6.45, 7) is 4.51. The summed E-state index contributed by atoms with van der Waals surface area (Å²) in [7, 11) is 1.53. The van der Waals surface area contributed by atoms with Gasteiger partial charge in [-0.3, -0.25) is 9.59 Å². The first-order chi connectivity index (χ1) is 9.97. The summed E-state index contributed by atoms with van der Waals surface area (Å²) in [6, 6.07) is 2.36. The van der Waals surface area contributed by atoms with Crippen molar-refractivity contribution in [2.45, 2.75) is 32.9 Å². The molecule has 1 unspecified atom stereocenters. The quantitative estimate of drug-likeness (QED) is 0.706. The van der Waals surface area contributed by atoms with Crippen LogP contribution in [0.25, 0.3) is 0 Å². The SMILES string of the molecule is COCCn1nc(C(=O)NC(CO)CC(C)C)ccc1=O. The molecule has 0 aliphatic heterocycles. The average molecular weight is 297 g/mol. The number of carbonyl (C=O) groups excluding carboxylic acids is 1. The van der Waals surface area contributed by atoms with Crippen LogP contribution in [0.1, 0.15) is 30.8 Å². The highest BCUT2D eigenvalue weighted by Gasteiger charge is 2.16. The number of aromatic nitrogens is 2. The first-order valence-corrected chi connectivity index (χ1v) is 6.96. The van der Waals surface area contributed by atoms with Crippen molar-refractivity contribution in [1.82, 2.24) is 15.1 Å². The van der Waals surface area contributed by atoms with E-state index in [1.165, 1.54) is 23.9 Å². The Morgan fingerprint density at radius 3 is 2.76 bits per heavy atom. The van der Waals surface area contributed by atoms with Crippen molar-refractivity contribution in [3.63, 3.8) is 0 Å². The van der Waals surface area contributed by atoms with Gasteiger partial charge in [-0.25, -0.2) is 4.68 Å². The summed E-state index contributed by atoms with van der Waals surface area (Å²) >= 11 is 0. The molecule has 21 heavy (non-hydrogen) atoms. The number of methoxy groups -OCH3 is 1. The van der Waals surface area contributed by atoms with Crippen LogP contribution in [0.5, 0.6) is 0 Å². The molecule has 1 aromatic heterocycles. The van der Waals surface area contributed by atoms with E-state index in [-0.39, 0.29) is 30.4 Å². The standard InChI is InChI=1S/C14H23N3O4/c1-10(2)8-11(9-18)15-14(20)12-4-5-13(19)17(16-12)6-7-21-3/h4-5,10-11,18H,6-9H2,1-3H3,(H,15,20). The third-order valence-electron chi connectivity index (χ3n) is 2.92. The van der Waals surface area contributed by atoms with Crippen LogP contribution in [0.3, 0.4) is 0 Å². The molecule has 1 rings (SSSR count). The number of aliphatic hydroxyl groups excluding tert-OH is 1. The molecule has 0 saturated carbocycles. The van der Waals surface area contributed by atoms with Gasteiger partial charge in [0, 0.05) is 13.2 Å². The molecule has 1 heterocycles. The minimum absolute atomic E-state index is 0.132. The van der Waals surface area contributed by atoms with Crippen LogP contribution in [-0.4, -0.2) is 47.2 Å². The zero-order chi connectivity index (χ0) is 15.8. The van der Waals surface area contributed by atoms with Gasteiger partial charge in [0.15, 0.2) is 0 Å². The monoisotopic (exact) mass is 297 g/mol. The molecule has 0 fully saturated rings. The normalized spacial score (nSPS) is 12.4. The van der Waals surface area contributed by atoms with Gasteiger partial charge in [0.05, 0.1) is 25.8 Å². The highest BCUT2D eigenvalue weighted by atomic mass is 16.5. The molecule has 7 nitrogen and oxygen atoms in total. The first kappa shape index (κ1) is 17.3. The molecule has 0 aliphatic carbocycles. The number of aliphatic hydroxyl groups is 1. The fourth-order valence-corrected chi connectivity index (χ4v) is 1.92. The lowest BCUT2D eigenvalue weighted by molar-refractivity contribution is 0.0899. The second-order valence-corrected chi connectivity index (χ2v) is 5.26.